The lowest BCUT2D eigenvalue weighted by atomic mass is 10.2. The molecule has 0 aliphatic heterocycles. The molecule has 1 aliphatic rings. The molecule has 1 atom stereocenters. The third kappa shape index (κ3) is 3.76. The van der Waals surface area contributed by atoms with Gasteiger partial charge in [0.05, 0.1) is 0 Å². The molecule has 6 heteroatoms. The fourth-order valence-electron chi connectivity index (χ4n) is 1.83. The van der Waals surface area contributed by atoms with Crippen molar-refractivity contribution in [1.29, 1.82) is 0 Å². The first-order valence-corrected chi connectivity index (χ1v) is 7.49. The quantitative estimate of drug-likeness (QED) is 0.868. The summed E-state index contributed by atoms with van der Waals surface area (Å²) < 4.78 is 0. The van der Waals surface area contributed by atoms with Crippen molar-refractivity contribution in [2.24, 2.45) is 5.92 Å². The molecular weight excluding hydrogens is 262 g/mol. The number of carbonyl (C=O) groups excluding carboxylic acids is 2. The molecule has 1 aliphatic carbocycles. The van der Waals surface area contributed by atoms with Crippen LogP contribution in [0.4, 0.5) is 5.13 Å². The molecule has 19 heavy (non-hydrogen) atoms. The molecule has 1 heterocycles. The van der Waals surface area contributed by atoms with E-state index in [4.69, 9.17) is 0 Å². The van der Waals surface area contributed by atoms with Gasteiger partial charge >= 0.3 is 0 Å². The summed E-state index contributed by atoms with van der Waals surface area (Å²) in [5, 5.41) is 5.10. The summed E-state index contributed by atoms with van der Waals surface area (Å²) in [6, 6.07) is 0.0927. The van der Waals surface area contributed by atoms with Crippen LogP contribution in [0.2, 0.25) is 0 Å². The summed E-state index contributed by atoms with van der Waals surface area (Å²) in [7, 11) is 0. The minimum atomic E-state index is -0.177. The first-order chi connectivity index (χ1) is 9.11. The molecule has 0 aromatic carbocycles. The molecule has 0 unspecified atom stereocenters. The molecule has 0 radical (unpaired) electrons. The first kappa shape index (κ1) is 14.0. The number of thiazole rings is 1. The van der Waals surface area contributed by atoms with Gasteiger partial charge in [0.15, 0.2) is 5.13 Å². The molecule has 0 saturated heterocycles. The second kappa shape index (κ2) is 6.14. The predicted octanol–water partition coefficient (Wildman–Crippen LogP) is 2.12. The Morgan fingerprint density at radius 1 is 1.58 bits per heavy atom. The maximum absolute atomic E-state index is 12.2. The molecule has 5 nitrogen and oxygen atoms in total. The van der Waals surface area contributed by atoms with E-state index >= 15 is 0 Å². The van der Waals surface area contributed by atoms with Crippen molar-refractivity contribution < 1.29 is 9.59 Å². The highest BCUT2D eigenvalue weighted by molar-refractivity contribution is 7.13. The van der Waals surface area contributed by atoms with Crippen molar-refractivity contribution in [1.82, 2.24) is 9.88 Å². The third-order valence-electron chi connectivity index (χ3n) is 3.33. The van der Waals surface area contributed by atoms with Crippen LogP contribution in [0.5, 0.6) is 0 Å². The maximum Gasteiger partial charge on any atom is 0.245 e. The molecule has 1 N–H and O–H groups in total. The highest BCUT2D eigenvalue weighted by Gasteiger charge is 2.35. The smallest absolute Gasteiger partial charge is 0.245 e. The third-order valence-corrected chi connectivity index (χ3v) is 4.01. The number of amides is 2. The zero-order valence-electron chi connectivity index (χ0n) is 11.3. The topological polar surface area (TPSA) is 62.3 Å². The van der Waals surface area contributed by atoms with E-state index in [1.54, 1.807) is 16.5 Å². The highest BCUT2D eigenvalue weighted by atomic mass is 32.1. The molecule has 2 amide bonds. The standard InChI is InChI=1S/C13H19N3O2S/c1-3-9(2)16(12(18)10-4-5-10)8-11(17)15-13-14-6-7-19-13/h6-7,9-10H,3-5,8H2,1-2H3,(H,14,15,17)/t9-/m0/s1. The Kier molecular flexibility index (Phi) is 4.52. The molecule has 104 valence electrons. The van der Waals surface area contributed by atoms with Crippen LogP contribution in [0.25, 0.3) is 0 Å². The van der Waals surface area contributed by atoms with E-state index in [2.05, 4.69) is 10.3 Å². The van der Waals surface area contributed by atoms with E-state index in [0.717, 1.165) is 19.3 Å². The minimum absolute atomic E-state index is 0.0927. The van der Waals surface area contributed by atoms with Crippen molar-refractivity contribution in [3.05, 3.63) is 11.6 Å². The number of aromatic nitrogens is 1. The largest absolute Gasteiger partial charge is 0.330 e. The number of anilines is 1. The van der Waals surface area contributed by atoms with Crippen LogP contribution < -0.4 is 5.32 Å². The number of nitrogens with one attached hydrogen (secondary N) is 1. The van der Waals surface area contributed by atoms with Crippen molar-refractivity contribution in [2.75, 3.05) is 11.9 Å². The van der Waals surface area contributed by atoms with E-state index < -0.39 is 0 Å². The molecule has 1 fully saturated rings. The second-order valence-electron chi connectivity index (χ2n) is 4.88. The number of hydrogen-bond acceptors (Lipinski definition) is 4. The van der Waals surface area contributed by atoms with Crippen molar-refractivity contribution in [3.8, 4) is 0 Å². The van der Waals surface area contributed by atoms with Crippen LogP contribution >= 0.6 is 11.3 Å². The van der Waals surface area contributed by atoms with Gasteiger partial charge in [-0.05, 0) is 26.2 Å². The SMILES string of the molecule is CC[C@H](C)N(CC(=O)Nc1nccs1)C(=O)C1CC1. The number of carbonyl (C=O) groups is 2. The fraction of sp³-hybridized carbons (Fsp3) is 0.615. The van der Waals surface area contributed by atoms with Gasteiger partial charge < -0.3 is 10.2 Å². The Labute approximate surface area is 117 Å². The molecule has 0 bridgehead atoms. The zero-order chi connectivity index (χ0) is 13.8. The second-order valence-corrected chi connectivity index (χ2v) is 5.78. The summed E-state index contributed by atoms with van der Waals surface area (Å²) in [5.74, 6) is 0.0783. The van der Waals surface area contributed by atoms with Gasteiger partial charge in [-0.3, -0.25) is 9.59 Å². The monoisotopic (exact) mass is 281 g/mol. The van der Waals surface area contributed by atoms with Crippen LogP contribution in [0.15, 0.2) is 11.6 Å². The molecular formula is C13H19N3O2S. The van der Waals surface area contributed by atoms with Crippen molar-refractivity contribution >= 4 is 28.3 Å². The van der Waals surface area contributed by atoms with Gasteiger partial charge in [0, 0.05) is 23.5 Å². The predicted molar refractivity (Wildman–Crippen MR) is 74.9 cm³/mol. The number of hydrogen-bond donors (Lipinski definition) is 1. The summed E-state index contributed by atoms with van der Waals surface area (Å²) >= 11 is 1.37. The molecule has 2 rings (SSSR count). The average Bonchev–Trinajstić information content (AvgIpc) is 3.13. The van der Waals surface area contributed by atoms with Crippen LogP contribution in [-0.4, -0.2) is 34.3 Å². The van der Waals surface area contributed by atoms with Gasteiger partial charge in [0.2, 0.25) is 11.8 Å². The lowest BCUT2D eigenvalue weighted by Gasteiger charge is -2.28. The van der Waals surface area contributed by atoms with Gasteiger partial charge in [0.25, 0.3) is 0 Å². The van der Waals surface area contributed by atoms with E-state index in [1.807, 2.05) is 13.8 Å². The van der Waals surface area contributed by atoms with Crippen LogP contribution in [0.3, 0.4) is 0 Å². The lowest BCUT2D eigenvalue weighted by molar-refractivity contribution is -0.138. The van der Waals surface area contributed by atoms with Crippen molar-refractivity contribution in [2.45, 2.75) is 39.2 Å². The summed E-state index contributed by atoms with van der Waals surface area (Å²) in [4.78, 5) is 29.8. The minimum Gasteiger partial charge on any atom is -0.330 e. The molecule has 0 spiro atoms. The fourth-order valence-corrected chi connectivity index (χ4v) is 2.38. The van der Waals surface area contributed by atoms with Gasteiger partial charge in [-0.15, -0.1) is 11.3 Å². The zero-order valence-corrected chi connectivity index (χ0v) is 12.1. The first-order valence-electron chi connectivity index (χ1n) is 6.61. The summed E-state index contributed by atoms with van der Waals surface area (Å²) in [6.07, 6.45) is 4.41. The van der Waals surface area contributed by atoms with E-state index in [0.29, 0.717) is 5.13 Å². The Morgan fingerprint density at radius 2 is 2.32 bits per heavy atom. The Bertz CT molecular complexity index is 443. The van der Waals surface area contributed by atoms with Gasteiger partial charge in [-0.2, -0.15) is 0 Å². The molecule has 1 saturated carbocycles. The summed E-state index contributed by atoms with van der Waals surface area (Å²) in [6.45, 7) is 4.12. The van der Waals surface area contributed by atoms with Crippen molar-refractivity contribution in [3.63, 3.8) is 0 Å². The summed E-state index contributed by atoms with van der Waals surface area (Å²) in [5.41, 5.74) is 0. The Balaban J connectivity index is 1.94. The lowest BCUT2D eigenvalue weighted by Crippen LogP contribution is -2.44. The number of nitrogens with zero attached hydrogens (tertiary/aromatic N) is 2. The van der Waals surface area contributed by atoms with Crippen LogP contribution in [0.1, 0.15) is 33.1 Å². The van der Waals surface area contributed by atoms with Gasteiger partial charge in [-0.25, -0.2) is 4.98 Å². The molecule has 1 aromatic heterocycles. The van der Waals surface area contributed by atoms with Crippen LogP contribution in [-0.2, 0) is 9.59 Å². The van der Waals surface area contributed by atoms with Crippen LogP contribution in [0, 0.1) is 5.92 Å². The maximum atomic E-state index is 12.2. The van der Waals surface area contributed by atoms with Gasteiger partial charge in [0.1, 0.15) is 6.54 Å². The van der Waals surface area contributed by atoms with E-state index in [1.165, 1.54) is 11.3 Å². The Morgan fingerprint density at radius 3 is 2.84 bits per heavy atom. The average molecular weight is 281 g/mol. The molecule has 1 aromatic rings. The normalized spacial score (nSPS) is 15.9. The van der Waals surface area contributed by atoms with E-state index in [-0.39, 0.29) is 30.3 Å². The number of rotatable bonds is 6. The van der Waals surface area contributed by atoms with E-state index in [9.17, 15) is 9.59 Å². The Hall–Kier alpha value is -1.43. The van der Waals surface area contributed by atoms with Gasteiger partial charge in [-0.1, -0.05) is 6.92 Å². The highest BCUT2D eigenvalue weighted by Crippen LogP contribution is 2.31.